The molecule has 0 amide bonds. The molecule has 0 heterocycles. The van der Waals surface area contributed by atoms with Crippen molar-refractivity contribution in [1.29, 1.82) is 5.26 Å². The van der Waals surface area contributed by atoms with E-state index in [9.17, 15) is 8.78 Å². The van der Waals surface area contributed by atoms with E-state index in [0.29, 0.717) is 4.90 Å². The fraction of sp³-hybridized carbons (Fsp3) is 0. The van der Waals surface area contributed by atoms with Crippen LogP contribution in [-0.2, 0) is 0 Å². The Morgan fingerprint density at radius 3 is 2.33 bits per heavy atom. The highest BCUT2D eigenvalue weighted by Crippen LogP contribution is 2.34. The van der Waals surface area contributed by atoms with Crippen LogP contribution in [0.5, 0.6) is 0 Å². The lowest BCUT2D eigenvalue weighted by atomic mass is 10.2. The largest absolute Gasteiger partial charge is 0.207 e. The van der Waals surface area contributed by atoms with Gasteiger partial charge in [0.2, 0.25) is 0 Å². The maximum Gasteiger partial charge on any atom is 0.152 e. The van der Waals surface area contributed by atoms with Crippen LogP contribution in [0.2, 0.25) is 0 Å². The van der Waals surface area contributed by atoms with Crippen molar-refractivity contribution in [3.05, 3.63) is 58.1 Å². The lowest BCUT2D eigenvalue weighted by molar-refractivity contribution is 0.594. The van der Waals surface area contributed by atoms with Gasteiger partial charge >= 0.3 is 0 Å². The molecule has 0 radical (unpaired) electrons. The third-order valence-electron chi connectivity index (χ3n) is 2.21. The lowest BCUT2D eigenvalue weighted by Gasteiger charge is -2.05. The van der Waals surface area contributed by atoms with Crippen LogP contribution in [0.3, 0.4) is 0 Å². The van der Waals surface area contributed by atoms with Crippen LogP contribution in [0.25, 0.3) is 0 Å². The third-order valence-corrected chi connectivity index (χ3v) is 4.03. The number of halogens is 3. The molecule has 18 heavy (non-hydrogen) atoms. The Bertz CT molecular complexity index is 620. The number of hydrogen-bond donors (Lipinski definition) is 0. The first-order valence-corrected chi connectivity index (χ1v) is 6.54. The smallest absolute Gasteiger partial charge is 0.152 e. The fourth-order valence-corrected chi connectivity index (χ4v) is 2.75. The van der Waals surface area contributed by atoms with E-state index in [1.807, 2.05) is 6.07 Å². The minimum atomic E-state index is -0.483. The van der Waals surface area contributed by atoms with Gasteiger partial charge in [-0.2, -0.15) is 5.26 Å². The highest BCUT2D eigenvalue weighted by Gasteiger charge is 2.12. The van der Waals surface area contributed by atoms with Crippen LogP contribution in [0.15, 0.2) is 50.7 Å². The van der Waals surface area contributed by atoms with Crippen LogP contribution in [0.1, 0.15) is 5.56 Å². The maximum atomic E-state index is 13.9. The topological polar surface area (TPSA) is 23.8 Å². The molecule has 0 spiro atoms. The Morgan fingerprint density at radius 2 is 1.72 bits per heavy atom. The normalized spacial score (nSPS) is 10.1. The van der Waals surface area contributed by atoms with E-state index < -0.39 is 5.82 Å². The van der Waals surface area contributed by atoms with Gasteiger partial charge in [0.15, 0.2) is 5.82 Å². The summed E-state index contributed by atoms with van der Waals surface area (Å²) < 4.78 is 26.8. The predicted octanol–water partition coefficient (Wildman–Crippen LogP) is 4.75. The SMILES string of the molecule is N#Cc1ccc(Sc2ccc(F)cc2)c(F)c1Br. The van der Waals surface area contributed by atoms with Gasteiger partial charge in [-0.25, -0.2) is 8.78 Å². The van der Waals surface area contributed by atoms with E-state index in [1.54, 1.807) is 18.2 Å². The van der Waals surface area contributed by atoms with Gasteiger partial charge in [-0.1, -0.05) is 11.8 Å². The van der Waals surface area contributed by atoms with E-state index in [2.05, 4.69) is 15.9 Å². The molecule has 0 saturated heterocycles. The van der Waals surface area contributed by atoms with Crippen LogP contribution in [0.4, 0.5) is 8.78 Å². The molecule has 2 aromatic rings. The van der Waals surface area contributed by atoms with Crippen molar-refractivity contribution in [3.63, 3.8) is 0 Å². The first kappa shape index (κ1) is 13.1. The number of benzene rings is 2. The molecule has 0 atom stereocenters. The van der Waals surface area contributed by atoms with Crippen molar-refractivity contribution >= 4 is 27.7 Å². The van der Waals surface area contributed by atoms with E-state index in [-0.39, 0.29) is 15.9 Å². The van der Waals surface area contributed by atoms with Crippen molar-refractivity contribution in [2.75, 3.05) is 0 Å². The quantitative estimate of drug-likeness (QED) is 0.795. The summed E-state index contributed by atoms with van der Waals surface area (Å²) in [6, 6.07) is 10.8. The van der Waals surface area contributed by atoms with Crippen molar-refractivity contribution in [2.45, 2.75) is 9.79 Å². The second-order valence-corrected chi connectivity index (χ2v) is 5.32. The van der Waals surface area contributed by atoms with Gasteiger partial charge in [0.25, 0.3) is 0 Å². The van der Waals surface area contributed by atoms with Gasteiger partial charge in [0.1, 0.15) is 11.9 Å². The van der Waals surface area contributed by atoms with Crippen LogP contribution < -0.4 is 0 Å². The Morgan fingerprint density at radius 1 is 1.06 bits per heavy atom. The zero-order valence-electron chi connectivity index (χ0n) is 8.95. The molecule has 90 valence electrons. The molecule has 0 saturated carbocycles. The van der Waals surface area contributed by atoms with Crippen molar-refractivity contribution in [1.82, 2.24) is 0 Å². The van der Waals surface area contributed by atoms with Crippen LogP contribution >= 0.6 is 27.7 Å². The fourth-order valence-electron chi connectivity index (χ4n) is 1.33. The summed E-state index contributed by atoms with van der Waals surface area (Å²) in [5.74, 6) is -0.816. The maximum absolute atomic E-state index is 13.9. The van der Waals surface area contributed by atoms with Gasteiger partial charge in [0.05, 0.1) is 10.0 Å². The average molecular weight is 326 g/mol. The van der Waals surface area contributed by atoms with Gasteiger partial charge < -0.3 is 0 Å². The summed E-state index contributed by atoms with van der Waals surface area (Å²) >= 11 is 4.22. The molecule has 0 aliphatic carbocycles. The molecule has 0 fully saturated rings. The summed E-state index contributed by atoms with van der Waals surface area (Å²) in [4.78, 5) is 1.11. The van der Waals surface area contributed by atoms with E-state index in [4.69, 9.17) is 5.26 Å². The van der Waals surface area contributed by atoms with E-state index >= 15 is 0 Å². The Kier molecular flexibility index (Phi) is 4.00. The minimum Gasteiger partial charge on any atom is -0.207 e. The molecule has 0 unspecified atom stereocenters. The molecule has 0 N–H and O–H groups in total. The molecule has 2 aromatic carbocycles. The first-order valence-electron chi connectivity index (χ1n) is 4.93. The average Bonchev–Trinajstić information content (AvgIpc) is 2.38. The summed E-state index contributed by atoms with van der Waals surface area (Å²) in [6.45, 7) is 0. The molecule has 0 aromatic heterocycles. The predicted molar refractivity (Wildman–Crippen MR) is 69.3 cm³/mol. The molecule has 5 heteroatoms. The second-order valence-electron chi connectivity index (χ2n) is 3.41. The summed E-state index contributed by atoms with van der Waals surface area (Å²) in [5.41, 5.74) is 0.246. The zero-order valence-corrected chi connectivity index (χ0v) is 11.4. The highest BCUT2D eigenvalue weighted by atomic mass is 79.9. The van der Waals surface area contributed by atoms with Crippen molar-refractivity contribution < 1.29 is 8.78 Å². The molecule has 1 nitrogen and oxygen atoms in total. The van der Waals surface area contributed by atoms with Gasteiger partial charge in [-0.3, -0.25) is 0 Å². The Balaban J connectivity index is 2.33. The van der Waals surface area contributed by atoms with Gasteiger partial charge in [-0.15, -0.1) is 0 Å². The molecular formula is C13H6BrF2NS. The number of nitriles is 1. The van der Waals surface area contributed by atoms with Crippen LogP contribution in [0, 0.1) is 23.0 Å². The summed E-state index contributed by atoms with van der Waals surface area (Å²) in [7, 11) is 0. The lowest BCUT2D eigenvalue weighted by Crippen LogP contribution is -1.87. The summed E-state index contributed by atoms with van der Waals surface area (Å²) in [5, 5.41) is 8.76. The third kappa shape index (κ3) is 2.71. The zero-order chi connectivity index (χ0) is 13.1. The second kappa shape index (κ2) is 5.51. The van der Waals surface area contributed by atoms with E-state index in [0.717, 1.165) is 4.90 Å². The summed E-state index contributed by atoms with van der Waals surface area (Å²) in [6.07, 6.45) is 0. The highest BCUT2D eigenvalue weighted by molar-refractivity contribution is 9.10. The molecule has 2 rings (SSSR count). The molecule has 0 bridgehead atoms. The molecule has 0 aliphatic heterocycles. The van der Waals surface area contributed by atoms with Crippen molar-refractivity contribution in [2.24, 2.45) is 0 Å². The number of rotatable bonds is 2. The Labute approximate surface area is 116 Å². The first-order chi connectivity index (χ1) is 8.61. The van der Waals surface area contributed by atoms with Gasteiger partial charge in [0, 0.05) is 9.79 Å². The Hall–Kier alpha value is -1.38. The molecule has 0 aliphatic rings. The standard InChI is InChI=1S/C13H6BrF2NS/c14-12-8(7-17)1-6-11(13(12)16)18-10-4-2-9(15)3-5-10/h1-6H. The number of hydrogen-bond acceptors (Lipinski definition) is 2. The minimum absolute atomic E-state index is 0.150. The number of nitrogens with zero attached hydrogens (tertiary/aromatic N) is 1. The van der Waals surface area contributed by atoms with Gasteiger partial charge in [-0.05, 0) is 52.3 Å². The van der Waals surface area contributed by atoms with E-state index in [1.165, 1.54) is 30.0 Å². The molecular weight excluding hydrogens is 320 g/mol. The van der Waals surface area contributed by atoms with Crippen molar-refractivity contribution in [3.8, 4) is 6.07 Å². The van der Waals surface area contributed by atoms with Crippen LogP contribution in [-0.4, -0.2) is 0 Å². The monoisotopic (exact) mass is 325 g/mol.